The summed E-state index contributed by atoms with van der Waals surface area (Å²) in [6.45, 7) is 1.37. The minimum Gasteiger partial charge on any atom is -0.408 e. The van der Waals surface area contributed by atoms with Crippen LogP contribution in [-0.4, -0.2) is 40.1 Å². The number of carbonyl (C=O) groups is 1. The van der Waals surface area contributed by atoms with E-state index >= 15 is 0 Å². The molecule has 3 aromatic rings. The molecule has 0 saturated carbocycles. The molecule has 2 aromatic heterocycles. The Kier molecular flexibility index (Phi) is 4.07. The number of nitrogens with zero attached hydrogens (tertiary/aromatic N) is 3. The van der Waals surface area contributed by atoms with Gasteiger partial charge in [0.05, 0.1) is 18.7 Å². The average Bonchev–Trinajstić information content (AvgIpc) is 2.98. The second-order valence-electron chi connectivity index (χ2n) is 5.90. The summed E-state index contributed by atoms with van der Waals surface area (Å²) in [7, 11) is 0. The fraction of sp³-hybridized carbons (Fsp3) is 0.278. The Morgan fingerprint density at radius 3 is 2.84 bits per heavy atom. The van der Waals surface area contributed by atoms with Crippen molar-refractivity contribution in [3.63, 3.8) is 0 Å². The molecule has 7 nitrogen and oxygen atoms in total. The van der Waals surface area contributed by atoms with Crippen LogP contribution in [0.3, 0.4) is 0 Å². The maximum atomic E-state index is 12.7. The zero-order valence-corrected chi connectivity index (χ0v) is 13.5. The van der Waals surface area contributed by atoms with Crippen molar-refractivity contribution in [2.24, 2.45) is 0 Å². The Labute approximate surface area is 143 Å². The van der Waals surface area contributed by atoms with Crippen LogP contribution in [0.1, 0.15) is 11.7 Å². The summed E-state index contributed by atoms with van der Waals surface area (Å²) in [4.78, 5) is 30.5. The highest BCUT2D eigenvalue weighted by molar-refractivity contribution is 5.79. The van der Waals surface area contributed by atoms with E-state index in [0.717, 1.165) is 5.56 Å². The third-order valence-electron chi connectivity index (χ3n) is 4.36. The van der Waals surface area contributed by atoms with Crippen LogP contribution in [0.4, 0.5) is 0 Å². The maximum absolute atomic E-state index is 12.7. The molecule has 25 heavy (non-hydrogen) atoms. The number of rotatable bonds is 3. The average molecular weight is 339 g/mol. The lowest BCUT2D eigenvalue weighted by molar-refractivity contribution is -0.139. The predicted octanol–water partition coefficient (Wildman–Crippen LogP) is 1.59. The van der Waals surface area contributed by atoms with Gasteiger partial charge < -0.3 is 14.1 Å². The number of hydrogen-bond acceptors (Lipinski definition) is 5. The van der Waals surface area contributed by atoms with Gasteiger partial charge >= 0.3 is 5.76 Å². The molecule has 7 heteroatoms. The van der Waals surface area contributed by atoms with Gasteiger partial charge in [0, 0.05) is 18.9 Å². The van der Waals surface area contributed by atoms with Crippen LogP contribution in [0.2, 0.25) is 0 Å². The van der Waals surface area contributed by atoms with Crippen LogP contribution >= 0.6 is 0 Å². The number of morpholine rings is 1. The molecule has 1 aromatic carbocycles. The molecule has 1 saturated heterocycles. The van der Waals surface area contributed by atoms with Gasteiger partial charge in [0.2, 0.25) is 5.91 Å². The summed E-state index contributed by atoms with van der Waals surface area (Å²) in [5.74, 6) is -0.649. The first kappa shape index (κ1) is 15.6. The smallest absolute Gasteiger partial charge is 0.408 e. The van der Waals surface area contributed by atoms with E-state index in [0.29, 0.717) is 30.8 Å². The molecule has 0 unspecified atom stereocenters. The van der Waals surface area contributed by atoms with Crippen molar-refractivity contribution in [3.8, 4) is 0 Å². The molecule has 128 valence electrons. The van der Waals surface area contributed by atoms with E-state index in [1.807, 2.05) is 18.2 Å². The lowest BCUT2D eigenvalue weighted by Crippen LogP contribution is -2.44. The highest BCUT2D eigenvalue weighted by Crippen LogP contribution is 2.22. The topological polar surface area (TPSA) is 77.6 Å². The van der Waals surface area contributed by atoms with E-state index in [1.165, 1.54) is 4.57 Å². The van der Waals surface area contributed by atoms with Crippen molar-refractivity contribution in [1.29, 1.82) is 0 Å². The molecule has 0 aliphatic carbocycles. The highest BCUT2D eigenvalue weighted by Gasteiger charge is 2.26. The van der Waals surface area contributed by atoms with Crippen molar-refractivity contribution < 1.29 is 13.9 Å². The van der Waals surface area contributed by atoms with Crippen molar-refractivity contribution >= 4 is 17.0 Å². The monoisotopic (exact) mass is 339 g/mol. The molecule has 1 amide bonds. The molecular formula is C18H17N3O4. The van der Waals surface area contributed by atoms with Crippen LogP contribution in [0.25, 0.3) is 11.1 Å². The van der Waals surface area contributed by atoms with Gasteiger partial charge in [-0.25, -0.2) is 4.79 Å². The van der Waals surface area contributed by atoms with Crippen molar-refractivity contribution in [2.75, 3.05) is 19.7 Å². The molecular weight excluding hydrogens is 322 g/mol. The molecule has 0 bridgehead atoms. The number of fused-ring (bicyclic) bond motifs is 1. The van der Waals surface area contributed by atoms with Gasteiger partial charge in [0.25, 0.3) is 0 Å². The molecule has 4 rings (SSSR count). The van der Waals surface area contributed by atoms with E-state index in [1.54, 1.807) is 35.5 Å². The summed E-state index contributed by atoms with van der Waals surface area (Å²) in [6.07, 6.45) is 3.23. The zero-order valence-electron chi connectivity index (χ0n) is 13.5. The molecule has 0 N–H and O–H groups in total. The normalized spacial score (nSPS) is 17.8. The predicted molar refractivity (Wildman–Crippen MR) is 90.0 cm³/mol. The van der Waals surface area contributed by atoms with Crippen LogP contribution in [0.5, 0.6) is 0 Å². The summed E-state index contributed by atoms with van der Waals surface area (Å²) in [5.41, 5.74) is 2.09. The number of aromatic nitrogens is 2. The lowest BCUT2D eigenvalue weighted by atomic mass is 10.1. The molecule has 0 radical (unpaired) electrons. The third-order valence-corrected chi connectivity index (χ3v) is 4.36. The Morgan fingerprint density at radius 2 is 2.00 bits per heavy atom. The first-order valence-electron chi connectivity index (χ1n) is 8.10. The second-order valence-corrected chi connectivity index (χ2v) is 5.90. The number of para-hydroxylation sites is 2. The van der Waals surface area contributed by atoms with Crippen LogP contribution in [-0.2, 0) is 16.1 Å². The van der Waals surface area contributed by atoms with Gasteiger partial charge in [-0.15, -0.1) is 0 Å². The van der Waals surface area contributed by atoms with Gasteiger partial charge in [0.1, 0.15) is 12.6 Å². The van der Waals surface area contributed by atoms with E-state index in [4.69, 9.17) is 9.15 Å². The summed E-state index contributed by atoms with van der Waals surface area (Å²) in [6, 6.07) is 10.9. The Morgan fingerprint density at radius 1 is 1.20 bits per heavy atom. The molecule has 1 aliphatic rings. The Balaban J connectivity index is 1.52. The first-order valence-corrected chi connectivity index (χ1v) is 8.10. The van der Waals surface area contributed by atoms with Crippen molar-refractivity contribution in [2.45, 2.75) is 12.6 Å². The van der Waals surface area contributed by atoms with Crippen LogP contribution < -0.4 is 5.76 Å². The maximum Gasteiger partial charge on any atom is 0.420 e. The van der Waals surface area contributed by atoms with Crippen molar-refractivity contribution in [1.82, 2.24) is 14.5 Å². The fourth-order valence-corrected chi connectivity index (χ4v) is 3.05. The van der Waals surface area contributed by atoms with Gasteiger partial charge in [0.15, 0.2) is 5.58 Å². The standard InChI is InChI=1S/C18H17N3O4/c22-17(12-21-14-3-1-2-4-15(14)25-18(21)23)20-9-10-24-16(11-20)13-5-7-19-8-6-13/h1-8,16H,9-12H2/t16-/m1/s1. The van der Waals surface area contributed by atoms with E-state index in [9.17, 15) is 9.59 Å². The molecule has 0 spiro atoms. The minimum absolute atomic E-state index is 0.0427. The van der Waals surface area contributed by atoms with Crippen LogP contribution in [0, 0.1) is 0 Å². The van der Waals surface area contributed by atoms with Crippen molar-refractivity contribution in [3.05, 3.63) is 64.9 Å². The van der Waals surface area contributed by atoms with Gasteiger partial charge in [-0.2, -0.15) is 0 Å². The molecule has 3 heterocycles. The van der Waals surface area contributed by atoms with E-state index in [2.05, 4.69) is 4.98 Å². The molecule has 1 aliphatic heterocycles. The number of ether oxygens (including phenoxy) is 1. The minimum atomic E-state index is -0.520. The molecule has 1 atom stereocenters. The molecule has 1 fully saturated rings. The van der Waals surface area contributed by atoms with Gasteiger partial charge in [-0.1, -0.05) is 12.1 Å². The Hall–Kier alpha value is -2.93. The second kappa shape index (κ2) is 6.52. The largest absolute Gasteiger partial charge is 0.420 e. The third kappa shape index (κ3) is 3.06. The van der Waals surface area contributed by atoms with E-state index < -0.39 is 5.76 Å². The zero-order chi connectivity index (χ0) is 17.2. The van der Waals surface area contributed by atoms with E-state index in [-0.39, 0.29) is 18.6 Å². The van der Waals surface area contributed by atoms with Gasteiger partial charge in [-0.3, -0.25) is 14.3 Å². The number of carbonyl (C=O) groups excluding carboxylic acids is 1. The first-order chi connectivity index (χ1) is 12.2. The summed E-state index contributed by atoms with van der Waals surface area (Å²) < 4.78 is 12.3. The Bertz CT molecular complexity index is 948. The van der Waals surface area contributed by atoms with Gasteiger partial charge in [-0.05, 0) is 29.8 Å². The number of oxazole rings is 1. The quantitative estimate of drug-likeness (QED) is 0.724. The number of amides is 1. The number of pyridine rings is 1. The fourth-order valence-electron chi connectivity index (χ4n) is 3.05. The summed E-state index contributed by atoms with van der Waals surface area (Å²) in [5, 5.41) is 0. The SMILES string of the molecule is O=C(Cn1c(=O)oc2ccccc21)N1CCO[C@@H](c2ccncc2)C1. The number of hydrogen-bond donors (Lipinski definition) is 0. The van der Waals surface area contributed by atoms with Crippen LogP contribution in [0.15, 0.2) is 58.0 Å². The lowest BCUT2D eigenvalue weighted by Gasteiger charge is -2.33. The number of benzene rings is 1. The summed E-state index contributed by atoms with van der Waals surface area (Å²) >= 11 is 0. The highest BCUT2D eigenvalue weighted by atomic mass is 16.5.